The van der Waals surface area contributed by atoms with Gasteiger partial charge in [0.25, 0.3) is 0 Å². The first kappa shape index (κ1) is 10.3. The smallest absolute Gasteiger partial charge is 0.241 e. The summed E-state index contributed by atoms with van der Waals surface area (Å²) in [6.07, 6.45) is 2.77. The molecule has 82 valence electrons. The van der Waals surface area contributed by atoms with E-state index in [0.29, 0.717) is 5.56 Å². The molecule has 16 heavy (non-hydrogen) atoms. The van der Waals surface area contributed by atoms with E-state index in [-0.39, 0.29) is 5.88 Å². The van der Waals surface area contributed by atoms with Crippen LogP contribution in [-0.4, -0.2) is 15.6 Å². The lowest BCUT2D eigenvalue weighted by Crippen LogP contribution is -2.05. The summed E-state index contributed by atoms with van der Waals surface area (Å²) in [5.74, 6) is -0.411. The second-order valence-electron chi connectivity index (χ2n) is 3.55. The Morgan fingerprint density at radius 1 is 1.44 bits per heavy atom. The zero-order valence-electron chi connectivity index (χ0n) is 8.84. The number of hydrogen-bond donors (Lipinski definition) is 2. The molecule has 4 nitrogen and oxygen atoms in total. The topological polar surface area (TPSA) is 68.2 Å². The fraction of sp³-hybridized carbons (Fsp3) is 0.0833. The van der Waals surface area contributed by atoms with Crippen LogP contribution in [-0.2, 0) is 11.8 Å². The van der Waals surface area contributed by atoms with Crippen LogP contribution in [0.4, 0.5) is 0 Å². The van der Waals surface area contributed by atoms with Gasteiger partial charge in [-0.3, -0.25) is 4.79 Å². The molecule has 2 rings (SSSR count). The molecule has 0 unspecified atom stereocenters. The van der Waals surface area contributed by atoms with Gasteiger partial charge in [-0.05, 0) is 12.1 Å². The van der Waals surface area contributed by atoms with Crippen LogP contribution in [0.1, 0.15) is 5.56 Å². The predicted octanol–water partition coefficient (Wildman–Crippen LogP) is 1.38. The molecular weight excluding hydrogens is 204 g/mol. The molecule has 1 amide bonds. The number of benzene rings is 1. The van der Waals surface area contributed by atoms with Crippen molar-refractivity contribution < 1.29 is 9.90 Å². The molecule has 0 fully saturated rings. The summed E-state index contributed by atoms with van der Waals surface area (Å²) in [6, 6.07) is 7.55. The van der Waals surface area contributed by atoms with Crippen LogP contribution in [0, 0.1) is 0 Å². The Morgan fingerprint density at radius 3 is 2.81 bits per heavy atom. The SMILES string of the molecule is Cn1c(O)c(/C=C/C(N)=O)c2ccccc21. The molecule has 0 bridgehead atoms. The molecule has 2 aromatic rings. The Labute approximate surface area is 92.6 Å². The highest BCUT2D eigenvalue weighted by molar-refractivity contribution is 5.97. The van der Waals surface area contributed by atoms with Gasteiger partial charge in [-0.2, -0.15) is 0 Å². The molecule has 0 radical (unpaired) electrons. The van der Waals surface area contributed by atoms with E-state index in [2.05, 4.69) is 0 Å². The van der Waals surface area contributed by atoms with Crippen molar-refractivity contribution in [1.82, 2.24) is 4.57 Å². The monoisotopic (exact) mass is 216 g/mol. The Kier molecular flexibility index (Phi) is 2.40. The largest absolute Gasteiger partial charge is 0.494 e. The van der Waals surface area contributed by atoms with Gasteiger partial charge < -0.3 is 15.4 Å². The number of amides is 1. The number of fused-ring (bicyclic) bond motifs is 1. The van der Waals surface area contributed by atoms with E-state index < -0.39 is 5.91 Å². The third-order valence-electron chi connectivity index (χ3n) is 2.53. The summed E-state index contributed by atoms with van der Waals surface area (Å²) in [5, 5.41) is 10.8. The van der Waals surface area contributed by atoms with Gasteiger partial charge in [-0.1, -0.05) is 18.2 Å². The summed E-state index contributed by atoms with van der Waals surface area (Å²) >= 11 is 0. The van der Waals surface area contributed by atoms with Crippen molar-refractivity contribution in [2.45, 2.75) is 0 Å². The molecule has 0 aliphatic heterocycles. The molecule has 1 aromatic carbocycles. The quantitative estimate of drug-likeness (QED) is 0.745. The third kappa shape index (κ3) is 1.54. The molecule has 1 heterocycles. The summed E-state index contributed by atoms with van der Waals surface area (Å²) in [4.78, 5) is 10.7. The molecule has 1 aromatic heterocycles. The minimum atomic E-state index is -0.535. The number of nitrogens with zero attached hydrogens (tertiary/aromatic N) is 1. The summed E-state index contributed by atoms with van der Waals surface area (Å²) < 4.78 is 1.66. The van der Waals surface area contributed by atoms with Crippen molar-refractivity contribution in [2.24, 2.45) is 12.8 Å². The van der Waals surface area contributed by atoms with E-state index in [4.69, 9.17) is 5.73 Å². The van der Waals surface area contributed by atoms with Crippen molar-refractivity contribution >= 4 is 22.9 Å². The summed E-state index contributed by atoms with van der Waals surface area (Å²) in [5.41, 5.74) is 6.54. The number of aryl methyl sites for hydroxylation is 1. The second kappa shape index (κ2) is 3.73. The van der Waals surface area contributed by atoms with Crippen LogP contribution >= 0.6 is 0 Å². The van der Waals surface area contributed by atoms with Crippen molar-refractivity contribution in [3.8, 4) is 5.88 Å². The molecule has 0 aliphatic carbocycles. The zero-order valence-corrected chi connectivity index (χ0v) is 8.84. The maximum atomic E-state index is 10.7. The van der Waals surface area contributed by atoms with Crippen molar-refractivity contribution in [3.05, 3.63) is 35.9 Å². The fourth-order valence-electron chi connectivity index (χ4n) is 1.74. The molecule has 3 N–H and O–H groups in total. The average molecular weight is 216 g/mol. The Bertz CT molecular complexity index is 582. The highest BCUT2D eigenvalue weighted by atomic mass is 16.3. The Balaban J connectivity index is 2.69. The van der Waals surface area contributed by atoms with Crippen LogP contribution in [0.2, 0.25) is 0 Å². The van der Waals surface area contributed by atoms with E-state index in [1.165, 1.54) is 12.2 Å². The number of carbonyl (C=O) groups excluding carboxylic acids is 1. The highest BCUT2D eigenvalue weighted by Gasteiger charge is 2.10. The number of primary amides is 1. The number of para-hydroxylation sites is 1. The van der Waals surface area contributed by atoms with Gasteiger partial charge >= 0.3 is 0 Å². The number of carbonyl (C=O) groups is 1. The minimum absolute atomic E-state index is 0.124. The van der Waals surface area contributed by atoms with Crippen LogP contribution in [0.5, 0.6) is 5.88 Å². The molecule has 0 atom stereocenters. The van der Waals surface area contributed by atoms with E-state index >= 15 is 0 Å². The van der Waals surface area contributed by atoms with E-state index in [1.807, 2.05) is 24.3 Å². The van der Waals surface area contributed by atoms with Gasteiger partial charge in [0.05, 0.1) is 5.52 Å². The third-order valence-corrected chi connectivity index (χ3v) is 2.53. The van der Waals surface area contributed by atoms with Crippen molar-refractivity contribution in [3.63, 3.8) is 0 Å². The normalized spacial score (nSPS) is 11.3. The van der Waals surface area contributed by atoms with Crippen molar-refractivity contribution in [1.29, 1.82) is 0 Å². The number of rotatable bonds is 2. The molecule has 4 heteroatoms. The van der Waals surface area contributed by atoms with Gasteiger partial charge in [0.2, 0.25) is 5.91 Å². The molecule has 0 spiro atoms. The number of aromatic nitrogens is 1. The number of aromatic hydroxyl groups is 1. The van der Waals surface area contributed by atoms with Gasteiger partial charge in [-0.15, -0.1) is 0 Å². The molecule has 0 saturated heterocycles. The maximum Gasteiger partial charge on any atom is 0.241 e. The summed E-state index contributed by atoms with van der Waals surface area (Å²) in [6.45, 7) is 0. The van der Waals surface area contributed by atoms with Gasteiger partial charge in [0, 0.05) is 24.1 Å². The predicted molar refractivity (Wildman–Crippen MR) is 62.8 cm³/mol. The Morgan fingerprint density at radius 2 is 2.12 bits per heavy atom. The lowest BCUT2D eigenvalue weighted by atomic mass is 10.1. The van der Waals surface area contributed by atoms with E-state index in [0.717, 1.165) is 10.9 Å². The first-order chi connectivity index (χ1) is 7.61. The lowest BCUT2D eigenvalue weighted by Gasteiger charge is -1.95. The van der Waals surface area contributed by atoms with Crippen LogP contribution in [0.15, 0.2) is 30.3 Å². The standard InChI is InChI=1S/C12H12N2O2/c1-14-10-5-3-2-4-8(10)9(12(14)16)6-7-11(13)15/h2-7,16H,1H3,(H2,13,15)/b7-6+. The van der Waals surface area contributed by atoms with Gasteiger partial charge in [0.15, 0.2) is 5.88 Å². The maximum absolute atomic E-state index is 10.7. The first-order valence-corrected chi connectivity index (χ1v) is 4.85. The van der Waals surface area contributed by atoms with E-state index in [9.17, 15) is 9.90 Å². The first-order valence-electron chi connectivity index (χ1n) is 4.85. The average Bonchev–Trinajstić information content (AvgIpc) is 2.50. The molecular formula is C12H12N2O2. The van der Waals surface area contributed by atoms with E-state index in [1.54, 1.807) is 11.6 Å². The number of nitrogens with two attached hydrogens (primary N) is 1. The van der Waals surface area contributed by atoms with Crippen LogP contribution in [0.25, 0.3) is 17.0 Å². The molecule has 0 saturated carbocycles. The van der Waals surface area contributed by atoms with Gasteiger partial charge in [-0.25, -0.2) is 0 Å². The number of hydrogen-bond acceptors (Lipinski definition) is 2. The lowest BCUT2D eigenvalue weighted by molar-refractivity contribution is -0.113. The zero-order chi connectivity index (χ0) is 11.7. The van der Waals surface area contributed by atoms with Crippen molar-refractivity contribution in [2.75, 3.05) is 0 Å². The van der Waals surface area contributed by atoms with Gasteiger partial charge in [0.1, 0.15) is 0 Å². The highest BCUT2D eigenvalue weighted by Crippen LogP contribution is 2.30. The fourth-order valence-corrected chi connectivity index (χ4v) is 1.74. The second-order valence-corrected chi connectivity index (χ2v) is 3.55. The van der Waals surface area contributed by atoms with Crippen LogP contribution < -0.4 is 5.73 Å². The minimum Gasteiger partial charge on any atom is -0.494 e. The van der Waals surface area contributed by atoms with Crippen LogP contribution in [0.3, 0.4) is 0 Å². The Hall–Kier alpha value is -2.23. The summed E-state index contributed by atoms with van der Waals surface area (Å²) in [7, 11) is 1.76. The molecule has 0 aliphatic rings.